The van der Waals surface area contributed by atoms with Crippen LogP contribution in [0, 0.1) is 0 Å². The van der Waals surface area contributed by atoms with Crippen molar-refractivity contribution in [1.82, 2.24) is 15.1 Å². The van der Waals surface area contributed by atoms with Gasteiger partial charge in [-0.05, 0) is 7.05 Å². The first-order chi connectivity index (χ1) is 5.24. The first kappa shape index (κ1) is 7.74. The van der Waals surface area contributed by atoms with Gasteiger partial charge >= 0.3 is 0 Å². The normalized spacial score (nSPS) is 9.91. The van der Waals surface area contributed by atoms with Crippen LogP contribution in [0.15, 0.2) is 12.3 Å². The second kappa shape index (κ2) is 3.16. The lowest BCUT2D eigenvalue weighted by molar-refractivity contribution is 0.0899. The van der Waals surface area contributed by atoms with Crippen molar-refractivity contribution < 1.29 is 4.79 Å². The van der Waals surface area contributed by atoms with Crippen molar-refractivity contribution in [3.8, 4) is 0 Å². The fourth-order valence-electron chi connectivity index (χ4n) is 0.709. The van der Waals surface area contributed by atoms with E-state index in [2.05, 4.69) is 10.4 Å². The van der Waals surface area contributed by atoms with E-state index >= 15 is 0 Å². The van der Waals surface area contributed by atoms with Gasteiger partial charge in [0.2, 0.25) is 0 Å². The molecule has 1 aromatic heterocycles. The minimum atomic E-state index is -0.121. The summed E-state index contributed by atoms with van der Waals surface area (Å²) in [6, 6.07) is 1.58. The highest BCUT2D eigenvalue weighted by Gasteiger charge is 2.02. The molecule has 0 aliphatic heterocycles. The van der Waals surface area contributed by atoms with Gasteiger partial charge in [0.05, 0.1) is 6.54 Å². The van der Waals surface area contributed by atoms with E-state index in [9.17, 15) is 4.79 Å². The Morgan fingerprint density at radius 1 is 1.91 bits per heavy atom. The smallest absolute Gasteiger partial charge is 0.260 e. The zero-order valence-electron chi connectivity index (χ0n) is 6.24. The highest BCUT2D eigenvalue weighted by molar-refractivity contribution is 5.80. The van der Waals surface area contributed by atoms with E-state index in [-0.39, 0.29) is 12.5 Å². The largest absolute Gasteiger partial charge is 0.382 e. The Balaban J connectivity index is 2.69. The molecule has 1 rings (SSSR count). The predicted octanol–water partition coefficient (Wildman–Crippen LogP) is -0.675. The number of anilines is 1. The minimum absolute atomic E-state index is 0.121. The van der Waals surface area contributed by atoms with Crippen molar-refractivity contribution in [3.05, 3.63) is 12.3 Å². The van der Waals surface area contributed by atoms with Crippen LogP contribution in [0.2, 0.25) is 0 Å². The quantitative estimate of drug-likeness (QED) is 0.592. The van der Waals surface area contributed by atoms with E-state index in [1.807, 2.05) is 0 Å². The first-order valence-electron chi connectivity index (χ1n) is 3.23. The molecule has 1 heterocycles. The minimum Gasteiger partial charge on any atom is -0.382 e. The predicted molar refractivity (Wildman–Crippen MR) is 41.2 cm³/mol. The van der Waals surface area contributed by atoms with E-state index in [0.29, 0.717) is 5.82 Å². The van der Waals surface area contributed by atoms with Crippen LogP contribution in [0.5, 0.6) is 0 Å². The molecule has 0 aliphatic rings. The maximum absolute atomic E-state index is 11.0. The van der Waals surface area contributed by atoms with Crippen LogP contribution in [0.4, 0.5) is 5.82 Å². The number of carbonyl (C=O) groups excluding carboxylic acids is 1. The Kier molecular flexibility index (Phi) is 2.22. The highest BCUT2D eigenvalue weighted by Crippen LogP contribution is 1.94. The summed E-state index contributed by atoms with van der Waals surface area (Å²) >= 11 is 0. The molecule has 0 aromatic carbocycles. The molecule has 1 aromatic rings. The van der Waals surface area contributed by atoms with Crippen LogP contribution in [-0.2, 0) is 0 Å². The van der Waals surface area contributed by atoms with Gasteiger partial charge in [-0.3, -0.25) is 4.79 Å². The van der Waals surface area contributed by atoms with E-state index in [0.717, 1.165) is 0 Å². The van der Waals surface area contributed by atoms with Gasteiger partial charge in [0.25, 0.3) is 5.91 Å². The van der Waals surface area contributed by atoms with Gasteiger partial charge in [0, 0.05) is 12.3 Å². The highest BCUT2D eigenvalue weighted by atomic mass is 16.2. The second-order valence-corrected chi connectivity index (χ2v) is 2.11. The third-order valence-electron chi connectivity index (χ3n) is 1.19. The molecule has 0 bridgehead atoms. The van der Waals surface area contributed by atoms with Crippen molar-refractivity contribution in [2.75, 3.05) is 19.3 Å². The number of hydrogen-bond acceptors (Lipinski definition) is 4. The Hall–Kier alpha value is -1.36. The topological polar surface area (TPSA) is 72.9 Å². The van der Waals surface area contributed by atoms with Crippen LogP contribution in [0.25, 0.3) is 0 Å². The molecule has 0 unspecified atom stereocenters. The molecule has 0 amide bonds. The van der Waals surface area contributed by atoms with Gasteiger partial charge in [-0.1, -0.05) is 0 Å². The number of nitrogens with two attached hydrogens (primary N) is 1. The Morgan fingerprint density at radius 2 is 2.64 bits per heavy atom. The second-order valence-electron chi connectivity index (χ2n) is 2.11. The average molecular weight is 154 g/mol. The molecule has 0 saturated heterocycles. The third-order valence-corrected chi connectivity index (χ3v) is 1.19. The molecule has 0 aliphatic carbocycles. The summed E-state index contributed by atoms with van der Waals surface area (Å²) in [7, 11) is 1.70. The summed E-state index contributed by atoms with van der Waals surface area (Å²) < 4.78 is 1.21. The van der Waals surface area contributed by atoms with Crippen LogP contribution in [0.1, 0.15) is 4.79 Å². The van der Waals surface area contributed by atoms with Crippen LogP contribution in [0.3, 0.4) is 0 Å². The number of nitrogens with one attached hydrogen (secondary N) is 1. The van der Waals surface area contributed by atoms with Gasteiger partial charge in [0.15, 0.2) is 0 Å². The zero-order valence-corrected chi connectivity index (χ0v) is 6.24. The summed E-state index contributed by atoms with van der Waals surface area (Å²) in [5.41, 5.74) is 5.31. The van der Waals surface area contributed by atoms with Crippen molar-refractivity contribution >= 4 is 11.7 Å². The van der Waals surface area contributed by atoms with Gasteiger partial charge in [0.1, 0.15) is 5.82 Å². The number of likely N-dealkylation sites (N-methyl/N-ethyl adjacent to an activating group) is 1. The third kappa shape index (κ3) is 1.78. The Bertz CT molecular complexity index is 255. The van der Waals surface area contributed by atoms with Crippen molar-refractivity contribution in [3.63, 3.8) is 0 Å². The van der Waals surface area contributed by atoms with E-state index in [4.69, 9.17) is 5.73 Å². The number of nitrogens with zero attached hydrogens (tertiary/aromatic N) is 2. The average Bonchev–Trinajstić information content (AvgIpc) is 2.36. The Morgan fingerprint density at radius 3 is 3.09 bits per heavy atom. The molecule has 60 valence electrons. The van der Waals surface area contributed by atoms with E-state index in [1.165, 1.54) is 10.9 Å². The molecule has 0 spiro atoms. The number of nitrogen functional groups attached to an aromatic ring is 1. The Labute approximate surface area is 64.2 Å². The molecule has 0 saturated carbocycles. The van der Waals surface area contributed by atoms with Crippen molar-refractivity contribution in [1.29, 1.82) is 0 Å². The molecule has 0 radical (unpaired) electrons. The van der Waals surface area contributed by atoms with Crippen LogP contribution < -0.4 is 11.1 Å². The monoisotopic (exact) mass is 154 g/mol. The zero-order chi connectivity index (χ0) is 8.27. The fraction of sp³-hybridized carbons (Fsp3) is 0.333. The first-order valence-corrected chi connectivity index (χ1v) is 3.23. The number of rotatable bonds is 2. The van der Waals surface area contributed by atoms with Gasteiger partial charge in [-0.2, -0.15) is 0 Å². The fourth-order valence-corrected chi connectivity index (χ4v) is 0.709. The molecule has 5 nitrogen and oxygen atoms in total. The van der Waals surface area contributed by atoms with Crippen molar-refractivity contribution in [2.45, 2.75) is 0 Å². The summed E-state index contributed by atoms with van der Waals surface area (Å²) in [5, 5.41) is 6.46. The lowest BCUT2D eigenvalue weighted by atomic mass is 10.6. The molecule has 0 fully saturated rings. The van der Waals surface area contributed by atoms with Crippen LogP contribution >= 0.6 is 0 Å². The van der Waals surface area contributed by atoms with Crippen LogP contribution in [-0.4, -0.2) is 29.3 Å². The molecule has 5 heteroatoms. The van der Waals surface area contributed by atoms with E-state index < -0.39 is 0 Å². The number of aromatic nitrogens is 2. The molecular formula is C6H10N4O. The van der Waals surface area contributed by atoms with Gasteiger partial charge in [-0.25, -0.2) is 4.68 Å². The standard InChI is InChI=1S/C6H10N4O/c1-8-4-6(11)10-3-2-5(7)9-10/h2-3,8H,4H2,1H3,(H2,7,9). The van der Waals surface area contributed by atoms with E-state index in [1.54, 1.807) is 13.1 Å². The summed E-state index contributed by atoms with van der Waals surface area (Å²) in [4.78, 5) is 11.0. The van der Waals surface area contributed by atoms with Gasteiger partial charge < -0.3 is 11.1 Å². The summed E-state index contributed by atoms with van der Waals surface area (Å²) in [5.74, 6) is 0.235. The summed E-state index contributed by atoms with van der Waals surface area (Å²) in [6.07, 6.45) is 1.54. The summed E-state index contributed by atoms with van der Waals surface area (Å²) in [6.45, 7) is 0.265. The number of hydrogen-bond donors (Lipinski definition) is 2. The van der Waals surface area contributed by atoms with Crippen molar-refractivity contribution in [2.24, 2.45) is 0 Å². The maximum atomic E-state index is 11.0. The molecule has 0 atom stereocenters. The molecular weight excluding hydrogens is 144 g/mol. The maximum Gasteiger partial charge on any atom is 0.260 e. The molecule has 3 N–H and O–H groups in total. The number of carbonyl (C=O) groups is 1. The SMILES string of the molecule is CNCC(=O)n1ccc(N)n1. The lowest BCUT2D eigenvalue weighted by Crippen LogP contribution is -2.24. The molecule has 11 heavy (non-hydrogen) atoms. The van der Waals surface area contributed by atoms with Gasteiger partial charge in [-0.15, -0.1) is 5.10 Å². The lowest BCUT2D eigenvalue weighted by Gasteiger charge is -1.96.